The fraction of sp³-hybridized carbons (Fsp3) is 0.750. The highest BCUT2D eigenvalue weighted by atomic mass is 28.4. The van der Waals surface area contributed by atoms with E-state index in [1.54, 1.807) is 0 Å². The monoisotopic (exact) mass is 327 g/mol. The van der Waals surface area contributed by atoms with Crippen LogP contribution in [-0.2, 0) is 18.8 Å². The molecule has 0 aromatic heterocycles. The lowest BCUT2D eigenvalue weighted by molar-refractivity contribution is -0.140. The summed E-state index contributed by atoms with van der Waals surface area (Å²) in [6.45, 7) is 12.8. The molecule has 5 nitrogen and oxygen atoms in total. The maximum absolute atomic E-state index is 11.9. The van der Waals surface area contributed by atoms with Crippen LogP contribution < -0.4 is 5.32 Å². The summed E-state index contributed by atoms with van der Waals surface area (Å²) in [4.78, 5) is 23.7. The smallest absolute Gasteiger partial charge is 0.228 e. The molecule has 1 aliphatic heterocycles. The molecule has 0 bridgehead atoms. The number of hydrogen-bond donors (Lipinski definition) is 1. The van der Waals surface area contributed by atoms with Crippen molar-refractivity contribution in [3.8, 4) is 0 Å². The van der Waals surface area contributed by atoms with E-state index in [4.69, 9.17) is 9.16 Å². The van der Waals surface area contributed by atoms with Crippen LogP contribution in [0.5, 0.6) is 0 Å². The van der Waals surface area contributed by atoms with Crippen molar-refractivity contribution >= 4 is 20.0 Å². The quantitative estimate of drug-likeness (QED) is 0.338. The average Bonchev–Trinajstić information content (AvgIpc) is 2.33. The van der Waals surface area contributed by atoms with Crippen molar-refractivity contribution in [3.63, 3.8) is 0 Å². The second-order valence-corrected chi connectivity index (χ2v) is 12.2. The number of methoxy groups -OCH3 is 1. The minimum atomic E-state index is -1.93. The van der Waals surface area contributed by atoms with Gasteiger partial charge in [0.1, 0.15) is 0 Å². The van der Waals surface area contributed by atoms with E-state index in [0.717, 1.165) is 0 Å². The number of ether oxygens (including phenoxy) is 1. The van der Waals surface area contributed by atoms with Gasteiger partial charge in [-0.2, -0.15) is 0 Å². The summed E-state index contributed by atoms with van der Waals surface area (Å²) < 4.78 is 11.0. The first-order valence-electron chi connectivity index (χ1n) is 7.70. The van der Waals surface area contributed by atoms with Crippen molar-refractivity contribution in [2.75, 3.05) is 7.11 Å². The second kappa shape index (κ2) is 6.96. The van der Waals surface area contributed by atoms with E-state index in [9.17, 15) is 9.59 Å². The summed E-state index contributed by atoms with van der Waals surface area (Å²) in [7, 11) is -0.439. The van der Waals surface area contributed by atoms with Crippen LogP contribution in [0.15, 0.2) is 12.3 Å². The van der Waals surface area contributed by atoms with Gasteiger partial charge >= 0.3 is 0 Å². The van der Waals surface area contributed by atoms with E-state index in [1.165, 1.54) is 19.4 Å². The van der Waals surface area contributed by atoms with E-state index in [0.29, 0.717) is 0 Å². The van der Waals surface area contributed by atoms with Gasteiger partial charge in [-0.1, -0.05) is 20.8 Å². The molecule has 1 saturated heterocycles. The zero-order valence-electron chi connectivity index (χ0n) is 14.7. The van der Waals surface area contributed by atoms with Gasteiger partial charge in [-0.25, -0.2) is 0 Å². The molecule has 0 spiro atoms. The Bertz CT molecular complexity index is 454. The standard InChI is InChI=1S/C16H29NO4Si/c1-11(21-22(6,7)16(2,3)4)14-13(17-15(14)19)10-12(18)8-9-20-5/h8-9,11,13-14H,10H2,1-7H3,(H,17,19)/b9-8-/t11-,13-,14-/m1/s1. The number of ketones is 1. The summed E-state index contributed by atoms with van der Waals surface area (Å²) in [6, 6.07) is -0.152. The van der Waals surface area contributed by atoms with Gasteiger partial charge in [-0.15, -0.1) is 0 Å². The fourth-order valence-electron chi connectivity index (χ4n) is 2.32. The summed E-state index contributed by atoms with van der Waals surface area (Å²) in [5, 5.41) is 2.90. The lowest BCUT2D eigenvalue weighted by atomic mass is 9.83. The highest BCUT2D eigenvalue weighted by molar-refractivity contribution is 6.74. The molecule has 0 radical (unpaired) electrons. The zero-order valence-corrected chi connectivity index (χ0v) is 15.7. The van der Waals surface area contributed by atoms with Crippen molar-refractivity contribution in [1.82, 2.24) is 5.32 Å². The lowest BCUT2D eigenvalue weighted by Gasteiger charge is -2.45. The third-order valence-electron chi connectivity index (χ3n) is 4.67. The highest BCUT2D eigenvalue weighted by Crippen LogP contribution is 2.39. The van der Waals surface area contributed by atoms with Crippen LogP contribution in [-0.4, -0.2) is 39.3 Å². The summed E-state index contributed by atoms with van der Waals surface area (Å²) >= 11 is 0. The predicted octanol–water partition coefficient (Wildman–Crippen LogP) is 2.63. The maximum Gasteiger partial charge on any atom is 0.228 e. The van der Waals surface area contributed by atoms with Crippen LogP contribution in [0, 0.1) is 5.92 Å². The Kier molecular flexibility index (Phi) is 5.98. The van der Waals surface area contributed by atoms with Crippen LogP contribution in [0.4, 0.5) is 0 Å². The van der Waals surface area contributed by atoms with E-state index < -0.39 is 8.32 Å². The molecular formula is C16H29NO4Si. The zero-order chi connectivity index (χ0) is 17.1. The van der Waals surface area contributed by atoms with E-state index in [-0.39, 0.29) is 41.2 Å². The van der Waals surface area contributed by atoms with Crippen LogP contribution in [0.1, 0.15) is 34.1 Å². The first kappa shape index (κ1) is 18.9. The van der Waals surface area contributed by atoms with E-state index in [1.807, 2.05) is 6.92 Å². The Labute approximate surface area is 134 Å². The number of β-lactam (4-membered cyclic amide) rings is 1. The summed E-state index contributed by atoms with van der Waals surface area (Å²) in [6.07, 6.45) is 2.84. The van der Waals surface area contributed by atoms with Crippen molar-refractivity contribution < 1.29 is 18.8 Å². The number of amides is 1. The number of nitrogens with one attached hydrogen (secondary N) is 1. The molecule has 6 heteroatoms. The van der Waals surface area contributed by atoms with Gasteiger partial charge in [0.15, 0.2) is 14.1 Å². The largest absolute Gasteiger partial charge is 0.504 e. The van der Waals surface area contributed by atoms with Crippen LogP contribution in [0.25, 0.3) is 0 Å². The SMILES string of the molecule is CO/C=C\C(=O)C[C@H]1NC(=O)[C@@H]1[C@@H](C)O[Si](C)(C)C(C)(C)C. The first-order chi connectivity index (χ1) is 9.99. The molecule has 1 heterocycles. The molecule has 0 aromatic rings. The van der Waals surface area contributed by atoms with Crippen molar-refractivity contribution in [1.29, 1.82) is 0 Å². The van der Waals surface area contributed by atoms with Crippen LogP contribution in [0.3, 0.4) is 0 Å². The van der Waals surface area contributed by atoms with E-state index >= 15 is 0 Å². The fourth-order valence-corrected chi connectivity index (χ4v) is 3.75. The lowest BCUT2D eigenvalue weighted by Crippen LogP contribution is -2.64. The molecule has 1 aliphatic rings. The van der Waals surface area contributed by atoms with Crippen LogP contribution >= 0.6 is 0 Å². The summed E-state index contributed by atoms with van der Waals surface area (Å²) in [5.41, 5.74) is 0. The second-order valence-electron chi connectivity index (χ2n) is 7.43. The highest BCUT2D eigenvalue weighted by Gasteiger charge is 2.47. The Morgan fingerprint density at radius 2 is 2.00 bits per heavy atom. The van der Waals surface area contributed by atoms with Gasteiger partial charge in [0.2, 0.25) is 5.91 Å². The Balaban J connectivity index is 2.67. The molecule has 0 aromatic carbocycles. The van der Waals surface area contributed by atoms with Crippen molar-refractivity contribution in [2.45, 2.75) is 64.4 Å². The molecule has 22 heavy (non-hydrogen) atoms. The molecule has 1 amide bonds. The third kappa shape index (κ3) is 4.43. The first-order valence-corrected chi connectivity index (χ1v) is 10.6. The Morgan fingerprint density at radius 3 is 2.45 bits per heavy atom. The number of allylic oxidation sites excluding steroid dienone is 1. The van der Waals surface area contributed by atoms with E-state index in [2.05, 4.69) is 39.2 Å². The van der Waals surface area contributed by atoms with Crippen LogP contribution in [0.2, 0.25) is 18.1 Å². The molecular weight excluding hydrogens is 298 g/mol. The van der Waals surface area contributed by atoms with Crippen molar-refractivity contribution in [2.24, 2.45) is 5.92 Å². The van der Waals surface area contributed by atoms with Gasteiger partial charge in [-0.3, -0.25) is 9.59 Å². The molecule has 0 saturated carbocycles. The molecule has 0 aliphatic carbocycles. The predicted molar refractivity (Wildman–Crippen MR) is 88.9 cm³/mol. The Morgan fingerprint density at radius 1 is 1.41 bits per heavy atom. The molecule has 126 valence electrons. The molecule has 0 unspecified atom stereocenters. The number of rotatable bonds is 7. The van der Waals surface area contributed by atoms with Gasteiger partial charge in [0, 0.05) is 12.5 Å². The van der Waals surface area contributed by atoms with Gasteiger partial charge < -0.3 is 14.5 Å². The molecule has 1 fully saturated rings. The summed E-state index contributed by atoms with van der Waals surface area (Å²) in [5.74, 6) is -0.342. The van der Waals surface area contributed by atoms with Gasteiger partial charge in [0.25, 0.3) is 0 Å². The number of carbonyl (C=O) groups is 2. The topological polar surface area (TPSA) is 64.6 Å². The molecule has 3 atom stereocenters. The Hall–Kier alpha value is -1.14. The third-order valence-corrected chi connectivity index (χ3v) is 9.24. The maximum atomic E-state index is 11.9. The van der Waals surface area contributed by atoms with Gasteiger partial charge in [-0.05, 0) is 25.1 Å². The molecule has 1 N–H and O–H groups in total. The average molecular weight is 327 g/mol. The minimum Gasteiger partial charge on any atom is -0.504 e. The number of hydrogen-bond acceptors (Lipinski definition) is 4. The minimum absolute atomic E-state index is 0.0280. The number of carbonyl (C=O) groups excluding carboxylic acids is 2. The normalized spacial score (nSPS) is 23.9. The van der Waals surface area contributed by atoms with Crippen molar-refractivity contribution in [3.05, 3.63) is 12.3 Å². The van der Waals surface area contributed by atoms with Gasteiger partial charge in [0.05, 0.1) is 31.4 Å². The molecule has 1 rings (SSSR count).